The van der Waals surface area contributed by atoms with E-state index in [0.717, 1.165) is 0 Å². The molecule has 0 radical (unpaired) electrons. The minimum Gasteiger partial charge on any atom is -0.396 e. The summed E-state index contributed by atoms with van der Waals surface area (Å²) in [7, 11) is 0. The van der Waals surface area contributed by atoms with Crippen molar-refractivity contribution in [2.75, 3.05) is 6.61 Å². The Morgan fingerprint density at radius 1 is 1.71 bits per heavy atom. The van der Waals surface area contributed by atoms with Gasteiger partial charge in [0.25, 0.3) is 0 Å². The molecule has 0 aliphatic rings. The molecular formula is C6H12O. The quantitative estimate of drug-likeness (QED) is 0.517. The molecule has 0 unspecified atom stereocenters. The van der Waals surface area contributed by atoms with E-state index in [-0.39, 0.29) is 6.61 Å². The van der Waals surface area contributed by atoms with Gasteiger partial charge in [0.05, 0.1) is 0 Å². The van der Waals surface area contributed by atoms with E-state index >= 15 is 0 Å². The first-order valence-corrected chi connectivity index (χ1v) is 2.55. The standard InChI is InChI=1S/C6H12O/c1-3-4-6(2)5-7/h3-4,6-7H,5H2,1-2H3/b4-3-/t6-/m1/s1. The largest absolute Gasteiger partial charge is 0.396 e. The van der Waals surface area contributed by atoms with Gasteiger partial charge in [0, 0.05) is 6.61 Å². The molecule has 0 aromatic heterocycles. The van der Waals surface area contributed by atoms with Gasteiger partial charge in [-0.3, -0.25) is 0 Å². The summed E-state index contributed by atoms with van der Waals surface area (Å²) in [5.41, 5.74) is 0. The van der Waals surface area contributed by atoms with Crippen LogP contribution in [0, 0.1) is 5.92 Å². The Balaban J connectivity index is 3.16. The Bertz CT molecular complexity index is 57.2. The summed E-state index contributed by atoms with van der Waals surface area (Å²) in [6.45, 7) is 4.18. The highest BCUT2D eigenvalue weighted by Gasteiger charge is 1.87. The fourth-order valence-electron chi connectivity index (χ4n) is 0.389. The van der Waals surface area contributed by atoms with Crippen LogP contribution in [0.3, 0.4) is 0 Å². The van der Waals surface area contributed by atoms with Crippen LogP contribution in [0.1, 0.15) is 13.8 Å². The summed E-state index contributed by atoms with van der Waals surface area (Å²) >= 11 is 0. The third-order valence-corrected chi connectivity index (χ3v) is 0.809. The lowest BCUT2D eigenvalue weighted by molar-refractivity contribution is 0.262. The molecule has 0 aliphatic carbocycles. The van der Waals surface area contributed by atoms with Crippen LogP contribution >= 0.6 is 0 Å². The molecule has 7 heavy (non-hydrogen) atoms. The average molecular weight is 100 g/mol. The second-order valence-corrected chi connectivity index (χ2v) is 1.69. The van der Waals surface area contributed by atoms with Crippen molar-refractivity contribution in [1.29, 1.82) is 0 Å². The van der Waals surface area contributed by atoms with Gasteiger partial charge in [-0.05, 0) is 12.8 Å². The number of aliphatic hydroxyl groups is 1. The van der Waals surface area contributed by atoms with Crippen molar-refractivity contribution in [3.63, 3.8) is 0 Å². The van der Waals surface area contributed by atoms with Crippen LogP contribution in [0.25, 0.3) is 0 Å². The summed E-state index contributed by atoms with van der Waals surface area (Å²) < 4.78 is 0. The van der Waals surface area contributed by atoms with Gasteiger partial charge in [0.15, 0.2) is 0 Å². The van der Waals surface area contributed by atoms with Crippen molar-refractivity contribution in [2.24, 2.45) is 5.92 Å². The first-order chi connectivity index (χ1) is 3.31. The van der Waals surface area contributed by atoms with Gasteiger partial charge in [-0.15, -0.1) is 0 Å². The first kappa shape index (κ1) is 6.70. The number of hydrogen-bond acceptors (Lipinski definition) is 1. The van der Waals surface area contributed by atoms with Crippen LogP contribution in [0.5, 0.6) is 0 Å². The van der Waals surface area contributed by atoms with E-state index in [1.54, 1.807) is 0 Å². The Kier molecular flexibility index (Phi) is 3.71. The van der Waals surface area contributed by atoms with Crippen LogP contribution in [0.2, 0.25) is 0 Å². The molecule has 0 heterocycles. The number of rotatable bonds is 2. The molecule has 1 heteroatoms. The molecule has 0 spiro atoms. The van der Waals surface area contributed by atoms with Crippen molar-refractivity contribution in [1.82, 2.24) is 0 Å². The van der Waals surface area contributed by atoms with Crippen molar-refractivity contribution in [2.45, 2.75) is 13.8 Å². The average Bonchev–Trinajstić information content (AvgIpc) is 1.68. The SMILES string of the molecule is C/C=C\[C@@H](C)CO. The van der Waals surface area contributed by atoms with E-state index in [2.05, 4.69) is 0 Å². The molecule has 1 N–H and O–H groups in total. The maximum Gasteiger partial charge on any atom is 0.0491 e. The molecule has 0 aromatic carbocycles. The highest BCUT2D eigenvalue weighted by atomic mass is 16.3. The maximum atomic E-state index is 8.41. The van der Waals surface area contributed by atoms with Crippen molar-refractivity contribution in [3.05, 3.63) is 12.2 Å². The Labute approximate surface area is 44.7 Å². The predicted octanol–water partition coefficient (Wildman–Crippen LogP) is 1.19. The zero-order chi connectivity index (χ0) is 5.70. The number of allylic oxidation sites excluding steroid dienone is 1. The molecule has 0 amide bonds. The van der Waals surface area contributed by atoms with Crippen LogP contribution in [0.15, 0.2) is 12.2 Å². The molecule has 0 fully saturated rings. The minimum absolute atomic E-state index is 0.254. The number of aliphatic hydroxyl groups excluding tert-OH is 1. The van der Waals surface area contributed by atoms with Gasteiger partial charge < -0.3 is 5.11 Å². The lowest BCUT2D eigenvalue weighted by Crippen LogP contribution is -1.93. The highest BCUT2D eigenvalue weighted by Crippen LogP contribution is 1.92. The highest BCUT2D eigenvalue weighted by molar-refractivity contribution is 4.81. The molecule has 0 aromatic rings. The van der Waals surface area contributed by atoms with Gasteiger partial charge >= 0.3 is 0 Å². The third-order valence-electron chi connectivity index (χ3n) is 0.809. The zero-order valence-electron chi connectivity index (χ0n) is 4.89. The normalized spacial score (nSPS) is 15.3. The van der Waals surface area contributed by atoms with Gasteiger partial charge in [0.2, 0.25) is 0 Å². The van der Waals surface area contributed by atoms with Crippen LogP contribution < -0.4 is 0 Å². The zero-order valence-corrected chi connectivity index (χ0v) is 4.89. The Morgan fingerprint density at radius 2 is 2.29 bits per heavy atom. The van der Waals surface area contributed by atoms with Gasteiger partial charge in [-0.2, -0.15) is 0 Å². The summed E-state index contributed by atoms with van der Waals surface area (Å²) in [6, 6.07) is 0. The number of hydrogen-bond donors (Lipinski definition) is 1. The smallest absolute Gasteiger partial charge is 0.0491 e. The van der Waals surface area contributed by atoms with Gasteiger partial charge in [-0.25, -0.2) is 0 Å². The summed E-state index contributed by atoms with van der Waals surface area (Å²) in [5.74, 6) is 0.324. The van der Waals surface area contributed by atoms with E-state index in [1.807, 2.05) is 26.0 Å². The summed E-state index contributed by atoms with van der Waals surface area (Å²) in [6.07, 6.45) is 3.92. The second-order valence-electron chi connectivity index (χ2n) is 1.69. The maximum absolute atomic E-state index is 8.41. The van der Waals surface area contributed by atoms with Crippen LogP contribution in [-0.4, -0.2) is 11.7 Å². The van der Waals surface area contributed by atoms with Crippen molar-refractivity contribution < 1.29 is 5.11 Å². The van der Waals surface area contributed by atoms with Crippen LogP contribution in [0.4, 0.5) is 0 Å². The topological polar surface area (TPSA) is 20.2 Å². The van der Waals surface area contributed by atoms with E-state index in [9.17, 15) is 0 Å². The Hall–Kier alpha value is -0.300. The Morgan fingerprint density at radius 3 is 2.43 bits per heavy atom. The van der Waals surface area contributed by atoms with E-state index in [4.69, 9.17) is 5.11 Å². The van der Waals surface area contributed by atoms with Gasteiger partial charge in [-0.1, -0.05) is 19.1 Å². The molecule has 0 rings (SSSR count). The third kappa shape index (κ3) is 3.53. The molecular weight excluding hydrogens is 88.1 g/mol. The lowest BCUT2D eigenvalue weighted by Gasteiger charge is -1.95. The summed E-state index contributed by atoms with van der Waals surface area (Å²) in [5, 5.41) is 8.41. The van der Waals surface area contributed by atoms with Crippen molar-refractivity contribution >= 4 is 0 Å². The van der Waals surface area contributed by atoms with Gasteiger partial charge in [0.1, 0.15) is 0 Å². The monoisotopic (exact) mass is 100 g/mol. The molecule has 0 saturated carbocycles. The molecule has 42 valence electrons. The molecule has 1 nitrogen and oxygen atoms in total. The van der Waals surface area contributed by atoms with E-state index in [0.29, 0.717) is 5.92 Å². The molecule has 0 saturated heterocycles. The second kappa shape index (κ2) is 3.88. The minimum atomic E-state index is 0.254. The van der Waals surface area contributed by atoms with E-state index in [1.165, 1.54) is 0 Å². The first-order valence-electron chi connectivity index (χ1n) is 2.55. The summed E-state index contributed by atoms with van der Waals surface area (Å²) in [4.78, 5) is 0. The molecule has 0 bridgehead atoms. The van der Waals surface area contributed by atoms with Crippen LogP contribution in [-0.2, 0) is 0 Å². The predicted molar refractivity (Wildman–Crippen MR) is 31.1 cm³/mol. The van der Waals surface area contributed by atoms with Crippen molar-refractivity contribution in [3.8, 4) is 0 Å². The fourth-order valence-corrected chi connectivity index (χ4v) is 0.389. The fraction of sp³-hybridized carbons (Fsp3) is 0.667. The molecule has 1 atom stereocenters. The lowest BCUT2D eigenvalue weighted by atomic mass is 10.2. The molecule has 0 aliphatic heterocycles. The van der Waals surface area contributed by atoms with E-state index < -0.39 is 0 Å².